The predicted octanol–water partition coefficient (Wildman–Crippen LogP) is 0.486. The van der Waals surface area contributed by atoms with Gasteiger partial charge in [-0.15, -0.1) is 5.10 Å². The van der Waals surface area contributed by atoms with E-state index in [1.54, 1.807) is 4.68 Å². The largest absolute Gasteiger partial charge is 0.481 e. The number of hydrogen-bond acceptors (Lipinski definition) is 4. The molecule has 2 N–H and O–H groups in total. The van der Waals surface area contributed by atoms with Gasteiger partial charge in [0.25, 0.3) is 0 Å². The molecule has 1 rings (SSSR count). The molecule has 17 heavy (non-hydrogen) atoms. The van der Waals surface area contributed by atoms with Crippen molar-refractivity contribution in [3.63, 3.8) is 0 Å². The number of hydrogen-bond donors (Lipinski definition) is 2. The minimum absolute atomic E-state index is 0.0459. The van der Waals surface area contributed by atoms with E-state index in [-0.39, 0.29) is 18.4 Å². The molecule has 96 valence electrons. The first-order valence-electron chi connectivity index (χ1n) is 5.63. The average Bonchev–Trinajstić information content (AvgIpc) is 2.59. The summed E-state index contributed by atoms with van der Waals surface area (Å²) < 4.78 is 1.69. The van der Waals surface area contributed by atoms with Crippen LogP contribution in [-0.2, 0) is 24.2 Å². The molecule has 0 unspecified atom stereocenters. The Bertz CT molecular complexity index is 399. The Balaban J connectivity index is 2.94. The van der Waals surface area contributed by atoms with Crippen molar-refractivity contribution in [3.8, 4) is 0 Å². The van der Waals surface area contributed by atoms with Gasteiger partial charge in [-0.1, -0.05) is 26.0 Å². The van der Waals surface area contributed by atoms with Crippen LogP contribution in [-0.4, -0.2) is 37.8 Å². The summed E-state index contributed by atoms with van der Waals surface area (Å²) in [5, 5.41) is 25.8. The first-order valence-corrected chi connectivity index (χ1v) is 5.63. The monoisotopic (exact) mass is 241 g/mol. The SMILES string of the molecule is CCc1c(CC(=O)O)nnn1CC(C)(C)CO. The van der Waals surface area contributed by atoms with Crippen LogP contribution in [0.25, 0.3) is 0 Å². The van der Waals surface area contributed by atoms with Crippen molar-refractivity contribution < 1.29 is 15.0 Å². The van der Waals surface area contributed by atoms with Gasteiger partial charge < -0.3 is 10.2 Å². The zero-order chi connectivity index (χ0) is 13.1. The van der Waals surface area contributed by atoms with Crippen LogP contribution in [0.1, 0.15) is 32.2 Å². The second kappa shape index (κ2) is 5.27. The number of carboxylic acid groups (broad SMARTS) is 1. The smallest absolute Gasteiger partial charge is 0.309 e. The Hall–Kier alpha value is -1.43. The van der Waals surface area contributed by atoms with Gasteiger partial charge >= 0.3 is 5.97 Å². The molecule has 0 bridgehead atoms. The summed E-state index contributed by atoms with van der Waals surface area (Å²) in [6, 6.07) is 0. The molecule has 1 heterocycles. The minimum atomic E-state index is -0.909. The Labute approximate surface area is 100 Å². The number of aliphatic hydroxyl groups is 1. The molecule has 0 spiro atoms. The lowest BCUT2D eigenvalue weighted by atomic mass is 9.95. The van der Waals surface area contributed by atoms with Gasteiger partial charge in [-0.3, -0.25) is 4.79 Å². The van der Waals surface area contributed by atoms with Crippen molar-refractivity contribution in [2.24, 2.45) is 5.41 Å². The van der Waals surface area contributed by atoms with Crippen LogP contribution >= 0.6 is 0 Å². The van der Waals surface area contributed by atoms with E-state index in [0.29, 0.717) is 18.7 Å². The molecule has 0 saturated heterocycles. The minimum Gasteiger partial charge on any atom is -0.481 e. The molecule has 0 atom stereocenters. The lowest BCUT2D eigenvalue weighted by Gasteiger charge is -2.22. The highest BCUT2D eigenvalue weighted by atomic mass is 16.4. The van der Waals surface area contributed by atoms with E-state index in [1.807, 2.05) is 20.8 Å². The summed E-state index contributed by atoms with van der Waals surface area (Å²) in [5.41, 5.74) is 1.04. The Morgan fingerprint density at radius 3 is 2.59 bits per heavy atom. The van der Waals surface area contributed by atoms with Crippen LogP contribution in [0.4, 0.5) is 0 Å². The van der Waals surface area contributed by atoms with Crippen molar-refractivity contribution in [2.45, 2.75) is 40.2 Å². The highest BCUT2D eigenvalue weighted by Gasteiger charge is 2.21. The molecule has 0 aliphatic heterocycles. The van der Waals surface area contributed by atoms with E-state index in [2.05, 4.69) is 10.3 Å². The molecule has 0 saturated carbocycles. The van der Waals surface area contributed by atoms with Crippen LogP contribution < -0.4 is 0 Å². The molecule has 0 aliphatic carbocycles. The maximum Gasteiger partial charge on any atom is 0.309 e. The quantitative estimate of drug-likeness (QED) is 0.756. The van der Waals surface area contributed by atoms with E-state index < -0.39 is 5.97 Å². The number of carboxylic acids is 1. The standard InChI is InChI=1S/C11H19N3O3/c1-4-9-8(5-10(16)17)12-13-14(9)6-11(2,3)7-15/h15H,4-7H2,1-3H3,(H,16,17). The van der Waals surface area contributed by atoms with Crippen LogP contribution in [0.2, 0.25) is 0 Å². The van der Waals surface area contributed by atoms with Crippen LogP contribution in [0.3, 0.4) is 0 Å². The maximum atomic E-state index is 10.7. The van der Waals surface area contributed by atoms with Gasteiger partial charge in [-0.05, 0) is 6.42 Å². The van der Waals surface area contributed by atoms with Crippen molar-refractivity contribution in [2.75, 3.05) is 6.61 Å². The number of aliphatic hydroxyl groups excluding tert-OH is 1. The summed E-state index contributed by atoms with van der Waals surface area (Å²) in [7, 11) is 0. The molecule has 0 radical (unpaired) electrons. The Morgan fingerprint density at radius 2 is 2.12 bits per heavy atom. The van der Waals surface area contributed by atoms with E-state index in [0.717, 1.165) is 5.69 Å². The highest BCUT2D eigenvalue weighted by Crippen LogP contribution is 2.18. The first kappa shape index (κ1) is 13.6. The number of carbonyl (C=O) groups is 1. The van der Waals surface area contributed by atoms with E-state index >= 15 is 0 Å². The summed E-state index contributed by atoms with van der Waals surface area (Å²) in [4.78, 5) is 10.7. The van der Waals surface area contributed by atoms with Crippen molar-refractivity contribution in [1.82, 2.24) is 15.0 Å². The fourth-order valence-corrected chi connectivity index (χ4v) is 1.62. The van der Waals surface area contributed by atoms with Crippen LogP contribution in [0.15, 0.2) is 0 Å². The molecule has 0 aromatic carbocycles. The molecule has 0 aliphatic rings. The summed E-state index contributed by atoms with van der Waals surface area (Å²) in [6.45, 7) is 6.35. The number of aliphatic carboxylic acids is 1. The van der Waals surface area contributed by atoms with Gasteiger partial charge in [0.05, 0.1) is 24.4 Å². The van der Waals surface area contributed by atoms with Gasteiger partial charge in [0.2, 0.25) is 0 Å². The van der Waals surface area contributed by atoms with Gasteiger partial charge in [0.1, 0.15) is 0 Å². The summed E-state index contributed by atoms with van der Waals surface area (Å²) >= 11 is 0. The number of nitrogens with zero attached hydrogens (tertiary/aromatic N) is 3. The molecule has 6 nitrogen and oxygen atoms in total. The summed E-state index contributed by atoms with van der Waals surface area (Å²) in [6.07, 6.45) is 0.569. The number of aromatic nitrogens is 3. The first-order chi connectivity index (χ1) is 7.89. The molecule has 6 heteroatoms. The fraction of sp³-hybridized carbons (Fsp3) is 0.727. The molecule has 1 aromatic heterocycles. The second-order valence-electron chi connectivity index (χ2n) is 4.89. The van der Waals surface area contributed by atoms with Crippen LogP contribution in [0, 0.1) is 5.41 Å². The van der Waals surface area contributed by atoms with Gasteiger partial charge in [-0.2, -0.15) is 0 Å². The molecular formula is C11H19N3O3. The van der Waals surface area contributed by atoms with Gasteiger partial charge in [0, 0.05) is 12.0 Å². The third kappa shape index (κ3) is 3.52. The predicted molar refractivity (Wildman–Crippen MR) is 61.6 cm³/mol. The fourth-order valence-electron chi connectivity index (χ4n) is 1.62. The zero-order valence-corrected chi connectivity index (χ0v) is 10.5. The molecule has 0 fully saturated rings. The van der Waals surface area contributed by atoms with E-state index in [9.17, 15) is 9.90 Å². The van der Waals surface area contributed by atoms with Crippen LogP contribution in [0.5, 0.6) is 0 Å². The van der Waals surface area contributed by atoms with Gasteiger partial charge in [0.15, 0.2) is 0 Å². The van der Waals surface area contributed by atoms with E-state index in [4.69, 9.17) is 5.11 Å². The summed E-state index contributed by atoms with van der Waals surface area (Å²) in [5.74, 6) is -0.909. The Kier molecular flexibility index (Phi) is 4.22. The third-order valence-corrected chi connectivity index (χ3v) is 2.58. The zero-order valence-electron chi connectivity index (χ0n) is 10.5. The maximum absolute atomic E-state index is 10.7. The highest BCUT2D eigenvalue weighted by molar-refractivity contribution is 5.69. The van der Waals surface area contributed by atoms with Crippen molar-refractivity contribution in [1.29, 1.82) is 0 Å². The molecule has 0 amide bonds. The topological polar surface area (TPSA) is 88.2 Å². The second-order valence-corrected chi connectivity index (χ2v) is 4.89. The van der Waals surface area contributed by atoms with Gasteiger partial charge in [-0.25, -0.2) is 4.68 Å². The van der Waals surface area contributed by atoms with E-state index in [1.165, 1.54) is 0 Å². The Morgan fingerprint density at radius 1 is 1.47 bits per heavy atom. The lowest BCUT2D eigenvalue weighted by Crippen LogP contribution is -2.25. The third-order valence-electron chi connectivity index (χ3n) is 2.58. The van der Waals surface area contributed by atoms with Crippen molar-refractivity contribution >= 4 is 5.97 Å². The molecule has 1 aromatic rings. The average molecular weight is 241 g/mol. The lowest BCUT2D eigenvalue weighted by molar-refractivity contribution is -0.136. The number of rotatable bonds is 6. The molecular weight excluding hydrogens is 222 g/mol. The van der Waals surface area contributed by atoms with Crippen molar-refractivity contribution in [3.05, 3.63) is 11.4 Å². The normalized spacial score (nSPS) is 11.8.